The van der Waals surface area contributed by atoms with E-state index < -0.39 is 0 Å². The lowest BCUT2D eigenvalue weighted by Crippen LogP contribution is -2.26. The summed E-state index contributed by atoms with van der Waals surface area (Å²) in [5.41, 5.74) is 1.55. The highest BCUT2D eigenvalue weighted by Gasteiger charge is 2.26. The van der Waals surface area contributed by atoms with Crippen molar-refractivity contribution in [2.75, 3.05) is 11.6 Å². The van der Waals surface area contributed by atoms with E-state index in [9.17, 15) is 0 Å². The highest BCUT2D eigenvalue weighted by Crippen LogP contribution is 2.31. The molecule has 0 radical (unpaired) electrons. The van der Waals surface area contributed by atoms with Crippen LogP contribution in [0.15, 0.2) is 18.5 Å². The van der Waals surface area contributed by atoms with Gasteiger partial charge in [0, 0.05) is 17.5 Å². The molecule has 0 saturated heterocycles. The van der Waals surface area contributed by atoms with Crippen LogP contribution in [0, 0.1) is 11.3 Å². The van der Waals surface area contributed by atoms with Crippen molar-refractivity contribution in [1.29, 1.82) is 5.26 Å². The third kappa shape index (κ3) is 2.30. The molecule has 2 rings (SSSR count). The minimum absolute atomic E-state index is 0.478. The molecular formula is C12H15N3S. The zero-order valence-electron chi connectivity index (χ0n) is 9.31. The average molecular weight is 233 g/mol. The number of pyridine rings is 1. The molecule has 1 aromatic heterocycles. The number of hydrogen-bond donors (Lipinski definition) is 1. The van der Waals surface area contributed by atoms with Gasteiger partial charge in [0.1, 0.15) is 6.07 Å². The summed E-state index contributed by atoms with van der Waals surface area (Å²) in [7, 11) is 0. The van der Waals surface area contributed by atoms with E-state index in [4.69, 9.17) is 5.26 Å². The van der Waals surface area contributed by atoms with Gasteiger partial charge in [-0.1, -0.05) is 6.42 Å². The molecule has 1 heterocycles. The third-order valence-electron chi connectivity index (χ3n) is 3.04. The van der Waals surface area contributed by atoms with E-state index in [1.165, 1.54) is 19.3 Å². The second-order valence-electron chi connectivity index (χ2n) is 3.99. The fourth-order valence-electron chi connectivity index (χ4n) is 2.18. The lowest BCUT2D eigenvalue weighted by Gasteiger charge is -2.20. The van der Waals surface area contributed by atoms with E-state index in [-0.39, 0.29) is 0 Å². The van der Waals surface area contributed by atoms with E-state index in [1.807, 2.05) is 11.8 Å². The molecule has 0 spiro atoms. The van der Waals surface area contributed by atoms with Crippen molar-refractivity contribution in [3.63, 3.8) is 0 Å². The first kappa shape index (κ1) is 11.3. The fraction of sp³-hybridized carbons (Fsp3) is 0.500. The minimum Gasteiger partial charge on any atom is -0.379 e. The van der Waals surface area contributed by atoms with Crippen LogP contribution < -0.4 is 5.32 Å². The van der Waals surface area contributed by atoms with Crippen LogP contribution in [0.3, 0.4) is 0 Å². The van der Waals surface area contributed by atoms with Crippen molar-refractivity contribution in [1.82, 2.24) is 4.98 Å². The maximum absolute atomic E-state index is 8.99. The zero-order valence-corrected chi connectivity index (χ0v) is 10.1. The molecule has 0 aliphatic heterocycles. The van der Waals surface area contributed by atoms with Crippen LogP contribution >= 0.6 is 11.8 Å². The molecule has 0 amide bonds. The quantitative estimate of drug-likeness (QED) is 0.872. The van der Waals surface area contributed by atoms with E-state index >= 15 is 0 Å². The van der Waals surface area contributed by atoms with E-state index in [1.54, 1.807) is 18.5 Å². The van der Waals surface area contributed by atoms with Crippen molar-refractivity contribution < 1.29 is 0 Å². The number of anilines is 1. The topological polar surface area (TPSA) is 48.7 Å². The first-order valence-electron chi connectivity index (χ1n) is 5.48. The standard InChI is InChI=1S/C12H15N3S/c1-16-12-4-2-3-10(12)15-11-8-14-6-5-9(11)7-13/h5-6,8,10,12,15H,2-4H2,1H3. The van der Waals surface area contributed by atoms with Gasteiger partial charge in [-0.15, -0.1) is 0 Å². The molecular weight excluding hydrogens is 218 g/mol. The van der Waals surface area contributed by atoms with Crippen LogP contribution in [0.25, 0.3) is 0 Å². The summed E-state index contributed by atoms with van der Waals surface area (Å²) in [5.74, 6) is 0. The predicted octanol–water partition coefficient (Wildman–Crippen LogP) is 2.65. The molecule has 1 N–H and O–H groups in total. The van der Waals surface area contributed by atoms with Crippen molar-refractivity contribution in [3.8, 4) is 6.07 Å². The number of nitriles is 1. The maximum Gasteiger partial charge on any atom is 0.101 e. The Morgan fingerprint density at radius 3 is 3.19 bits per heavy atom. The van der Waals surface area contributed by atoms with Gasteiger partial charge in [-0.25, -0.2) is 0 Å². The normalized spacial score (nSPS) is 24.0. The van der Waals surface area contributed by atoms with Gasteiger partial charge in [-0.05, 0) is 25.2 Å². The number of rotatable bonds is 3. The Morgan fingerprint density at radius 1 is 1.56 bits per heavy atom. The smallest absolute Gasteiger partial charge is 0.101 e. The highest BCUT2D eigenvalue weighted by molar-refractivity contribution is 7.99. The van der Waals surface area contributed by atoms with Gasteiger partial charge in [0.15, 0.2) is 0 Å². The molecule has 2 unspecified atom stereocenters. The lowest BCUT2D eigenvalue weighted by molar-refractivity contribution is 0.767. The number of nitrogens with one attached hydrogen (secondary N) is 1. The molecule has 3 nitrogen and oxygen atoms in total. The van der Waals surface area contributed by atoms with Gasteiger partial charge in [0.2, 0.25) is 0 Å². The van der Waals surface area contributed by atoms with Crippen molar-refractivity contribution in [3.05, 3.63) is 24.0 Å². The summed E-state index contributed by atoms with van der Waals surface area (Å²) in [6.07, 6.45) is 9.27. The molecule has 1 fully saturated rings. The van der Waals surface area contributed by atoms with E-state index in [0.29, 0.717) is 16.9 Å². The Hall–Kier alpha value is -1.21. The number of nitrogens with zero attached hydrogens (tertiary/aromatic N) is 2. The third-order valence-corrected chi connectivity index (χ3v) is 4.21. The Balaban J connectivity index is 2.12. The molecule has 1 saturated carbocycles. The van der Waals surface area contributed by atoms with Crippen molar-refractivity contribution in [2.45, 2.75) is 30.6 Å². The van der Waals surface area contributed by atoms with Crippen LogP contribution in [-0.4, -0.2) is 22.5 Å². The Kier molecular flexibility index (Phi) is 3.68. The SMILES string of the molecule is CSC1CCCC1Nc1cnccc1C#N. The maximum atomic E-state index is 8.99. The molecule has 1 aliphatic carbocycles. The summed E-state index contributed by atoms with van der Waals surface area (Å²) in [6, 6.07) is 4.43. The Bertz CT molecular complexity index is 399. The van der Waals surface area contributed by atoms with Crippen LogP contribution in [0.1, 0.15) is 24.8 Å². The van der Waals surface area contributed by atoms with Crippen molar-refractivity contribution >= 4 is 17.4 Å². The van der Waals surface area contributed by atoms with Gasteiger partial charge < -0.3 is 5.32 Å². The van der Waals surface area contributed by atoms with Gasteiger partial charge >= 0.3 is 0 Å². The highest BCUT2D eigenvalue weighted by atomic mass is 32.2. The number of hydrogen-bond acceptors (Lipinski definition) is 4. The summed E-state index contributed by atoms with van der Waals surface area (Å²) < 4.78 is 0. The molecule has 16 heavy (non-hydrogen) atoms. The zero-order chi connectivity index (χ0) is 11.4. The number of thioether (sulfide) groups is 1. The second kappa shape index (κ2) is 5.22. The molecule has 2 atom stereocenters. The number of aromatic nitrogens is 1. The lowest BCUT2D eigenvalue weighted by atomic mass is 10.2. The fourth-order valence-corrected chi connectivity index (χ4v) is 3.11. The van der Waals surface area contributed by atoms with Crippen molar-refractivity contribution in [2.24, 2.45) is 0 Å². The first-order chi connectivity index (χ1) is 7.85. The van der Waals surface area contributed by atoms with Crippen LogP contribution in [-0.2, 0) is 0 Å². The molecule has 4 heteroatoms. The van der Waals surface area contributed by atoms with Gasteiger partial charge in [-0.2, -0.15) is 17.0 Å². The average Bonchev–Trinajstić information content (AvgIpc) is 2.77. The predicted molar refractivity (Wildman–Crippen MR) is 67.5 cm³/mol. The van der Waals surface area contributed by atoms with Gasteiger partial charge in [-0.3, -0.25) is 4.98 Å². The summed E-state index contributed by atoms with van der Waals surface area (Å²) in [6.45, 7) is 0. The largest absolute Gasteiger partial charge is 0.379 e. The van der Waals surface area contributed by atoms with Gasteiger partial charge in [0.25, 0.3) is 0 Å². The van der Waals surface area contributed by atoms with Gasteiger partial charge in [0.05, 0.1) is 17.4 Å². The minimum atomic E-state index is 0.478. The Labute approximate surface area is 100 Å². The molecule has 1 aliphatic rings. The summed E-state index contributed by atoms with van der Waals surface area (Å²) in [5, 5.41) is 13.1. The molecule has 0 aromatic carbocycles. The van der Waals surface area contributed by atoms with Crippen LogP contribution in [0.5, 0.6) is 0 Å². The molecule has 1 aromatic rings. The summed E-state index contributed by atoms with van der Waals surface area (Å²) >= 11 is 1.91. The second-order valence-corrected chi connectivity index (χ2v) is 5.07. The van der Waals surface area contributed by atoms with Crippen LogP contribution in [0.4, 0.5) is 5.69 Å². The monoisotopic (exact) mass is 233 g/mol. The van der Waals surface area contributed by atoms with E-state index in [2.05, 4.69) is 22.6 Å². The van der Waals surface area contributed by atoms with E-state index in [0.717, 1.165) is 5.69 Å². The molecule has 84 valence electrons. The summed E-state index contributed by atoms with van der Waals surface area (Å²) in [4.78, 5) is 4.07. The first-order valence-corrected chi connectivity index (χ1v) is 6.77. The van der Waals surface area contributed by atoms with Crippen LogP contribution in [0.2, 0.25) is 0 Å². The Morgan fingerprint density at radius 2 is 2.44 bits per heavy atom. The molecule has 0 bridgehead atoms.